The van der Waals surface area contributed by atoms with E-state index in [1.54, 1.807) is 6.92 Å². The molecule has 6 nitrogen and oxygen atoms in total. The van der Waals surface area contributed by atoms with Crippen molar-refractivity contribution < 1.29 is 27.1 Å². The number of benzene rings is 1. The number of sulfone groups is 1. The number of carbonyl (C=O) groups is 1. The molecule has 2 rings (SSSR count). The van der Waals surface area contributed by atoms with Gasteiger partial charge in [-0.1, -0.05) is 0 Å². The van der Waals surface area contributed by atoms with E-state index in [4.69, 9.17) is 9.47 Å². The molecular formula is C18H26FNO5S. The lowest BCUT2D eigenvalue weighted by molar-refractivity contribution is -0.147. The van der Waals surface area contributed by atoms with E-state index in [-0.39, 0.29) is 24.3 Å². The summed E-state index contributed by atoms with van der Waals surface area (Å²) in [6.07, 6.45) is 0.273. The number of piperidine rings is 1. The Kier molecular flexibility index (Phi) is 7.14. The molecule has 0 amide bonds. The normalized spacial score (nSPS) is 17.8. The average molecular weight is 387 g/mol. The predicted molar refractivity (Wildman–Crippen MR) is 95.1 cm³/mol. The van der Waals surface area contributed by atoms with Crippen LogP contribution in [0.2, 0.25) is 0 Å². The maximum absolute atomic E-state index is 13.2. The molecule has 0 atom stereocenters. The summed E-state index contributed by atoms with van der Waals surface area (Å²) in [6.45, 7) is 6.44. The first-order valence-electron chi connectivity index (χ1n) is 8.85. The van der Waals surface area contributed by atoms with Crippen molar-refractivity contribution >= 4 is 15.8 Å². The van der Waals surface area contributed by atoms with Crippen molar-refractivity contribution in [3.63, 3.8) is 0 Å². The van der Waals surface area contributed by atoms with Gasteiger partial charge in [0, 0.05) is 26.2 Å². The molecule has 1 fully saturated rings. The molecule has 0 N–H and O–H groups in total. The predicted octanol–water partition coefficient (Wildman–Crippen LogP) is 2.03. The van der Waals surface area contributed by atoms with Gasteiger partial charge in [-0.3, -0.25) is 4.79 Å². The molecule has 0 bridgehead atoms. The zero-order valence-electron chi connectivity index (χ0n) is 15.2. The molecule has 8 heteroatoms. The smallest absolute Gasteiger partial charge is 0.327 e. The van der Waals surface area contributed by atoms with Gasteiger partial charge in [0.1, 0.15) is 5.82 Å². The van der Waals surface area contributed by atoms with Crippen LogP contribution in [0.4, 0.5) is 4.39 Å². The van der Waals surface area contributed by atoms with Gasteiger partial charge in [-0.25, -0.2) is 12.8 Å². The van der Waals surface area contributed by atoms with Crippen molar-refractivity contribution in [1.29, 1.82) is 0 Å². The van der Waals surface area contributed by atoms with Gasteiger partial charge in [-0.2, -0.15) is 0 Å². The van der Waals surface area contributed by atoms with E-state index < -0.39 is 26.4 Å². The van der Waals surface area contributed by atoms with Crippen LogP contribution in [0.1, 0.15) is 26.7 Å². The minimum absolute atomic E-state index is 0.0604. The molecule has 146 valence electrons. The number of hydrogen-bond donors (Lipinski definition) is 0. The third-order valence-corrected chi connectivity index (χ3v) is 7.20. The van der Waals surface area contributed by atoms with Gasteiger partial charge in [0.25, 0.3) is 0 Å². The van der Waals surface area contributed by atoms with Crippen molar-refractivity contribution in [3.05, 3.63) is 30.1 Å². The molecule has 26 heavy (non-hydrogen) atoms. The second-order valence-corrected chi connectivity index (χ2v) is 8.47. The van der Waals surface area contributed by atoms with Crippen LogP contribution in [-0.4, -0.2) is 63.5 Å². The molecule has 1 aromatic carbocycles. The van der Waals surface area contributed by atoms with Crippen LogP contribution in [0.5, 0.6) is 0 Å². The van der Waals surface area contributed by atoms with E-state index in [0.717, 1.165) is 12.1 Å². The van der Waals surface area contributed by atoms with E-state index in [2.05, 4.69) is 4.90 Å². The Morgan fingerprint density at radius 1 is 1.15 bits per heavy atom. The summed E-state index contributed by atoms with van der Waals surface area (Å²) in [5.74, 6) is -1.26. The van der Waals surface area contributed by atoms with Gasteiger partial charge in [0.15, 0.2) is 14.6 Å². The molecular weight excluding hydrogens is 361 g/mol. The minimum atomic E-state index is -4.01. The summed E-state index contributed by atoms with van der Waals surface area (Å²) in [5, 5.41) is 0. The second-order valence-electron chi connectivity index (χ2n) is 6.21. The largest absolute Gasteiger partial charge is 0.465 e. The number of carbonyl (C=O) groups excluding carboxylic acids is 1. The van der Waals surface area contributed by atoms with E-state index in [1.807, 2.05) is 6.92 Å². The number of likely N-dealkylation sites (tertiary alicyclic amines) is 1. The van der Waals surface area contributed by atoms with E-state index in [1.165, 1.54) is 12.1 Å². The van der Waals surface area contributed by atoms with Crippen LogP contribution in [0.25, 0.3) is 0 Å². The fourth-order valence-electron chi connectivity index (χ4n) is 3.16. The van der Waals surface area contributed by atoms with E-state index >= 15 is 0 Å². The topological polar surface area (TPSA) is 72.9 Å². The lowest BCUT2D eigenvalue weighted by atomic mass is 9.95. The molecule has 1 aliphatic rings. The molecule has 1 saturated heterocycles. The van der Waals surface area contributed by atoms with Crippen molar-refractivity contribution in [2.75, 3.05) is 39.5 Å². The fraction of sp³-hybridized carbons (Fsp3) is 0.611. The van der Waals surface area contributed by atoms with Crippen LogP contribution >= 0.6 is 0 Å². The van der Waals surface area contributed by atoms with Crippen LogP contribution < -0.4 is 0 Å². The zero-order valence-corrected chi connectivity index (χ0v) is 16.1. The number of halogens is 1. The molecule has 0 unspecified atom stereocenters. The summed E-state index contributed by atoms with van der Waals surface area (Å²) in [7, 11) is -4.01. The molecule has 0 aromatic heterocycles. The molecule has 1 heterocycles. The first kappa shape index (κ1) is 20.8. The first-order valence-corrected chi connectivity index (χ1v) is 10.3. The summed E-state index contributed by atoms with van der Waals surface area (Å²) in [5.41, 5.74) is 0. The SMILES string of the molecule is CCOCCN1CCC(C(=O)OCC)(S(=O)(=O)c2ccc(F)cc2)CC1. The van der Waals surface area contributed by atoms with Crippen LogP contribution in [0.3, 0.4) is 0 Å². The first-order chi connectivity index (χ1) is 12.4. The zero-order chi connectivity index (χ0) is 19.2. The molecule has 0 aliphatic carbocycles. The number of ether oxygens (including phenoxy) is 2. The number of hydrogen-bond acceptors (Lipinski definition) is 6. The van der Waals surface area contributed by atoms with Gasteiger partial charge < -0.3 is 14.4 Å². The van der Waals surface area contributed by atoms with E-state index in [0.29, 0.717) is 32.8 Å². The van der Waals surface area contributed by atoms with Crippen molar-refractivity contribution in [1.82, 2.24) is 4.90 Å². The Labute approximate surface area is 154 Å². The molecule has 0 spiro atoms. The van der Waals surface area contributed by atoms with Gasteiger partial charge in [-0.15, -0.1) is 0 Å². The van der Waals surface area contributed by atoms with Gasteiger partial charge in [-0.05, 0) is 51.0 Å². The average Bonchev–Trinajstić information content (AvgIpc) is 2.63. The van der Waals surface area contributed by atoms with Crippen LogP contribution in [0, 0.1) is 5.82 Å². The maximum atomic E-state index is 13.2. The Morgan fingerprint density at radius 2 is 1.77 bits per heavy atom. The lowest BCUT2D eigenvalue weighted by Gasteiger charge is -2.39. The monoisotopic (exact) mass is 387 g/mol. The van der Waals surface area contributed by atoms with Gasteiger partial charge in [0.2, 0.25) is 0 Å². The third kappa shape index (κ3) is 4.24. The van der Waals surface area contributed by atoms with Gasteiger partial charge >= 0.3 is 5.97 Å². The summed E-state index contributed by atoms with van der Waals surface area (Å²) in [6, 6.07) is 4.58. The van der Waals surface area contributed by atoms with Gasteiger partial charge in [0.05, 0.1) is 18.1 Å². The number of rotatable bonds is 8. The third-order valence-electron chi connectivity index (χ3n) is 4.71. The Hall–Kier alpha value is -1.51. The highest BCUT2D eigenvalue weighted by atomic mass is 32.2. The van der Waals surface area contributed by atoms with Crippen molar-refractivity contribution in [3.8, 4) is 0 Å². The number of esters is 1. The summed E-state index contributed by atoms with van der Waals surface area (Å²) >= 11 is 0. The summed E-state index contributed by atoms with van der Waals surface area (Å²) in [4.78, 5) is 14.7. The standard InChI is InChI=1S/C18H26FNO5S/c1-3-24-14-13-20-11-9-18(10-12-20,17(21)25-4-2)26(22,23)16-7-5-15(19)6-8-16/h5-8H,3-4,9-14H2,1-2H3. The highest BCUT2D eigenvalue weighted by Crippen LogP contribution is 2.37. The molecule has 1 aliphatic heterocycles. The Balaban J connectivity index is 2.27. The van der Waals surface area contributed by atoms with Crippen molar-refractivity contribution in [2.45, 2.75) is 36.3 Å². The highest BCUT2D eigenvalue weighted by molar-refractivity contribution is 7.93. The highest BCUT2D eigenvalue weighted by Gasteiger charge is 2.54. The second kappa shape index (κ2) is 8.92. The number of nitrogens with zero attached hydrogens (tertiary/aromatic N) is 1. The fourth-order valence-corrected chi connectivity index (χ4v) is 5.10. The Morgan fingerprint density at radius 3 is 2.31 bits per heavy atom. The molecule has 1 aromatic rings. The molecule has 0 radical (unpaired) electrons. The van der Waals surface area contributed by atoms with E-state index in [9.17, 15) is 17.6 Å². The maximum Gasteiger partial charge on any atom is 0.327 e. The lowest BCUT2D eigenvalue weighted by Crippen LogP contribution is -2.55. The quantitative estimate of drug-likeness (QED) is 0.386. The van der Waals surface area contributed by atoms with Crippen LogP contribution in [-0.2, 0) is 24.1 Å². The van der Waals surface area contributed by atoms with Crippen molar-refractivity contribution in [2.24, 2.45) is 0 Å². The minimum Gasteiger partial charge on any atom is -0.465 e. The Bertz CT molecular complexity index is 697. The molecule has 0 saturated carbocycles. The van der Waals surface area contributed by atoms with Crippen LogP contribution in [0.15, 0.2) is 29.2 Å². The summed E-state index contributed by atoms with van der Waals surface area (Å²) < 4.78 is 48.5.